The molecule has 0 fully saturated rings. The molecule has 94 valence electrons. The fourth-order valence-electron chi connectivity index (χ4n) is 1.16. The molecule has 6 heteroatoms. The Morgan fingerprint density at radius 2 is 2.00 bits per heavy atom. The lowest BCUT2D eigenvalue weighted by molar-refractivity contribution is -0.148. The summed E-state index contributed by atoms with van der Waals surface area (Å²) in [4.78, 5) is 22.3. The Hall–Kier alpha value is -0.910. The van der Waals surface area contributed by atoms with Crippen LogP contribution in [0.15, 0.2) is 0 Å². The number of esters is 1. The molecule has 0 bridgehead atoms. The number of rotatable bonds is 7. The highest BCUT2D eigenvalue weighted by Crippen LogP contribution is 2.12. The van der Waals surface area contributed by atoms with Crippen LogP contribution in [0.4, 0.5) is 4.79 Å². The van der Waals surface area contributed by atoms with Gasteiger partial charge in [-0.05, 0) is 12.8 Å². The third-order valence-corrected chi connectivity index (χ3v) is 2.52. The van der Waals surface area contributed by atoms with Gasteiger partial charge in [0, 0.05) is 0 Å². The first-order valence-corrected chi connectivity index (χ1v) is 5.82. The van der Waals surface area contributed by atoms with Crippen molar-refractivity contribution in [2.24, 2.45) is 0 Å². The quantitative estimate of drug-likeness (QED) is 0.413. The lowest BCUT2D eigenvalue weighted by atomic mass is 10.2. The van der Waals surface area contributed by atoms with E-state index in [0.717, 1.165) is 12.8 Å². The largest absolute Gasteiger partial charge is 0.464 e. The number of carbonyl (C=O) groups excluding carboxylic acids is 1. The molecule has 0 aliphatic carbocycles. The molecule has 1 amide bonds. The number of nitrogens with zero attached hydrogens (tertiary/aromatic N) is 1. The highest BCUT2D eigenvalue weighted by Gasteiger charge is 2.28. The first-order chi connectivity index (χ1) is 7.54. The van der Waals surface area contributed by atoms with Gasteiger partial charge < -0.3 is 9.84 Å². The summed E-state index contributed by atoms with van der Waals surface area (Å²) in [5.74, 6) is -0.521. The van der Waals surface area contributed by atoms with Gasteiger partial charge in [-0.15, -0.1) is 0 Å². The number of ether oxygens (including phenoxy) is 1. The van der Waals surface area contributed by atoms with Crippen molar-refractivity contribution in [3.8, 4) is 0 Å². The van der Waals surface area contributed by atoms with E-state index in [1.54, 1.807) is 0 Å². The van der Waals surface area contributed by atoms with Gasteiger partial charge in [0.2, 0.25) is 0 Å². The summed E-state index contributed by atoms with van der Waals surface area (Å²) in [7, 11) is 0. The second-order valence-electron chi connectivity index (χ2n) is 3.45. The monoisotopic (exact) mass is 249 g/mol. The molecule has 0 aromatic rings. The summed E-state index contributed by atoms with van der Waals surface area (Å²) in [5, 5.41) is 8.74. The minimum atomic E-state index is -1.24. The van der Waals surface area contributed by atoms with Gasteiger partial charge in [-0.2, -0.15) is 0 Å². The van der Waals surface area contributed by atoms with Gasteiger partial charge in [-0.1, -0.05) is 39.5 Å². The fourth-order valence-corrected chi connectivity index (χ4v) is 1.37. The number of carboxylic acid groups (broad SMARTS) is 1. The number of carbonyl (C=O) groups is 2. The van der Waals surface area contributed by atoms with Crippen molar-refractivity contribution in [3.63, 3.8) is 0 Å². The molecule has 0 saturated carbocycles. The molecule has 0 radical (unpaired) electrons. The molecule has 0 heterocycles. The van der Waals surface area contributed by atoms with Crippen molar-refractivity contribution in [1.82, 2.24) is 4.31 Å². The van der Waals surface area contributed by atoms with Crippen molar-refractivity contribution < 1.29 is 19.4 Å². The topological polar surface area (TPSA) is 66.8 Å². The van der Waals surface area contributed by atoms with Crippen molar-refractivity contribution in [2.75, 3.05) is 6.61 Å². The number of thiol groups is 1. The molecule has 0 aromatic heterocycles. The molecule has 0 saturated heterocycles. The zero-order valence-electron chi connectivity index (χ0n) is 9.68. The highest BCUT2D eigenvalue weighted by molar-refractivity contribution is 7.78. The molecule has 0 rings (SSSR count). The van der Waals surface area contributed by atoms with Crippen molar-refractivity contribution >= 4 is 24.9 Å². The third kappa shape index (κ3) is 5.25. The minimum Gasteiger partial charge on any atom is -0.464 e. The normalized spacial score (nSPS) is 11.9. The van der Waals surface area contributed by atoms with E-state index in [1.165, 1.54) is 0 Å². The molecular formula is C10H19NO4S. The van der Waals surface area contributed by atoms with E-state index in [9.17, 15) is 9.59 Å². The summed E-state index contributed by atoms with van der Waals surface area (Å²) < 4.78 is 5.68. The van der Waals surface area contributed by atoms with Crippen LogP contribution in [0, 0.1) is 0 Å². The van der Waals surface area contributed by atoms with Gasteiger partial charge in [0.05, 0.1) is 6.61 Å². The molecule has 5 nitrogen and oxygen atoms in total. The number of unbranched alkanes of at least 4 members (excludes halogenated alkanes) is 1. The Labute approximate surface area is 101 Å². The standard InChI is InChI=1S/C10H19NO4S/c1-3-5-7-15-9(12)8(6-4-2)11(16)10(13)14/h8,16H,3-7H2,1-2H3,(H,13,14). The molecule has 0 spiro atoms. The summed E-state index contributed by atoms with van der Waals surface area (Å²) in [6, 6.07) is -0.817. The van der Waals surface area contributed by atoms with Crippen LogP contribution in [0.1, 0.15) is 39.5 Å². The molecule has 16 heavy (non-hydrogen) atoms. The predicted molar refractivity (Wildman–Crippen MR) is 63.4 cm³/mol. The summed E-state index contributed by atoms with van der Waals surface area (Å²) >= 11 is 3.77. The smallest absolute Gasteiger partial charge is 0.418 e. The van der Waals surface area contributed by atoms with Crippen LogP contribution < -0.4 is 0 Å². The molecule has 1 atom stereocenters. The fraction of sp³-hybridized carbons (Fsp3) is 0.800. The van der Waals surface area contributed by atoms with E-state index in [-0.39, 0.29) is 0 Å². The molecule has 1 N–H and O–H groups in total. The van der Waals surface area contributed by atoms with Gasteiger partial charge in [0.15, 0.2) is 0 Å². The second kappa shape index (κ2) is 8.27. The van der Waals surface area contributed by atoms with Gasteiger partial charge in [0.25, 0.3) is 0 Å². The van der Waals surface area contributed by atoms with Crippen LogP contribution in [0.25, 0.3) is 0 Å². The molecule has 0 aliphatic heterocycles. The maximum Gasteiger partial charge on any atom is 0.418 e. The minimum absolute atomic E-state index is 0.330. The summed E-state index contributed by atoms with van der Waals surface area (Å²) in [5.41, 5.74) is 0. The van der Waals surface area contributed by atoms with Gasteiger partial charge in [0.1, 0.15) is 6.04 Å². The Morgan fingerprint density at radius 1 is 1.38 bits per heavy atom. The van der Waals surface area contributed by atoms with E-state index in [2.05, 4.69) is 12.8 Å². The Kier molecular flexibility index (Phi) is 7.80. The predicted octanol–water partition coefficient (Wildman–Crippen LogP) is 2.32. The van der Waals surface area contributed by atoms with Gasteiger partial charge >= 0.3 is 12.1 Å². The molecule has 0 aliphatic rings. The Bertz CT molecular complexity index is 235. The number of hydrogen-bond acceptors (Lipinski definition) is 4. The van der Waals surface area contributed by atoms with Crippen molar-refractivity contribution in [2.45, 2.75) is 45.6 Å². The first-order valence-electron chi connectivity index (χ1n) is 5.42. The third-order valence-electron chi connectivity index (χ3n) is 2.07. The maximum atomic E-state index is 11.6. The SMILES string of the molecule is CCCCOC(=O)C(CCC)N(S)C(=O)O. The van der Waals surface area contributed by atoms with Crippen molar-refractivity contribution in [3.05, 3.63) is 0 Å². The maximum absolute atomic E-state index is 11.6. The molecule has 0 aromatic carbocycles. The average molecular weight is 249 g/mol. The van der Waals surface area contributed by atoms with Crippen LogP contribution in [-0.2, 0) is 9.53 Å². The van der Waals surface area contributed by atoms with Gasteiger partial charge in [-0.3, -0.25) is 0 Å². The summed E-state index contributed by atoms with van der Waals surface area (Å²) in [6.45, 7) is 4.19. The highest BCUT2D eigenvalue weighted by atomic mass is 32.1. The number of amides is 1. The Balaban J connectivity index is 4.28. The number of hydrogen-bond donors (Lipinski definition) is 2. The molecule has 1 unspecified atom stereocenters. The Morgan fingerprint density at radius 3 is 2.44 bits per heavy atom. The van der Waals surface area contributed by atoms with Crippen LogP contribution in [0.2, 0.25) is 0 Å². The molecular weight excluding hydrogens is 230 g/mol. The van der Waals surface area contributed by atoms with E-state index in [4.69, 9.17) is 9.84 Å². The van der Waals surface area contributed by atoms with Crippen LogP contribution in [0.5, 0.6) is 0 Å². The van der Waals surface area contributed by atoms with Crippen LogP contribution >= 0.6 is 12.8 Å². The van der Waals surface area contributed by atoms with E-state index >= 15 is 0 Å². The van der Waals surface area contributed by atoms with E-state index in [1.807, 2.05) is 13.8 Å². The van der Waals surface area contributed by atoms with Gasteiger partial charge in [-0.25, -0.2) is 13.9 Å². The average Bonchev–Trinajstić information content (AvgIpc) is 2.25. The lowest BCUT2D eigenvalue weighted by Gasteiger charge is -2.22. The summed E-state index contributed by atoms with van der Waals surface area (Å²) in [6.07, 6.45) is 1.58. The van der Waals surface area contributed by atoms with E-state index in [0.29, 0.717) is 23.8 Å². The van der Waals surface area contributed by atoms with Crippen molar-refractivity contribution in [1.29, 1.82) is 0 Å². The first kappa shape index (κ1) is 15.1. The zero-order valence-corrected chi connectivity index (χ0v) is 10.6. The zero-order chi connectivity index (χ0) is 12.6. The second-order valence-corrected chi connectivity index (χ2v) is 3.88. The van der Waals surface area contributed by atoms with Crippen LogP contribution in [0.3, 0.4) is 0 Å². The van der Waals surface area contributed by atoms with E-state index < -0.39 is 18.1 Å². The van der Waals surface area contributed by atoms with Crippen LogP contribution in [-0.4, -0.2) is 34.1 Å². The lowest BCUT2D eigenvalue weighted by Crippen LogP contribution is -2.39.